The van der Waals surface area contributed by atoms with Crippen molar-refractivity contribution in [3.05, 3.63) is 0 Å². The number of rotatable bonds is 5. The van der Waals surface area contributed by atoms with Crippen LogP contribution < -0.4 is 10.6 Å². The summed E-state index contributed by atoms with van der Waals surface area (Å²) in [5.41, 5.74) is -0.937. The highest BCUT2D eigenvalue weighted by atomic mass is 32.2. The number of nitrogens with one attached hydrogen (secondary N) is 2. The van der Waals surface area contributed by atoms with Gasteiger partial charge in [-0.05, 0) is 45.8 Å². The number of carboxylic acid groups (broad SMARTS) is 1. The Morgan fingerprint density at radius 2 is 1.84 bits per heavy atom. The minimum absolute atomic E-state index is 0.133. The van der Waals surface area contributed by atoms with Crippen molar-refractivity contribution in [2.45, 2.75) is 50.8 Å². The first kappa shape index (κ1) is 16.1. The van der Waals surface area contributed by atoms with E-state index in [1.807, 2.05) is 11.8 Å². The van der Waals surface area contributed by atoms with Gasteiger partial charge in [-0.1, -0.05) is 0 Å². The quantitative estimate of drug-likeness (QED) is 0.723. The zero-order valence-electron chi connectivity index (χ0n) is 11.9. The molecule has 0 heterocycles. The molecule has 2 amide bonds. The summed E-state index contributed by atoms with van der Waals surface area (Å²) >= 11 is 1.89. The van der Waals surface area contributed by atoms with Gasteiger partial charge in [-0.3, -0.25) is 4.79 Å². The Morgan fingerprint density at radius 1 is 1.26 bits per heavy atom. The lowest BCUT2D eigenvalue weighted by Crippen LogP contribution is -2.47. The Balaban J connectivity index is 2.27. The molecule has 1 rings (SSSR count). The maximum atomic E-state index is 11.7. The van der Waals surface area contributed by atoms with Crippen LogP contribution in [0.15, 0.2) is 0 Å². The maximum absolute atomic E-state index is 11.7. The molecular weight excluding hydrogens is 264 g/mol. The summed E-state index contributed by atoms with van der Waals surface area (Å²) in [6.07, 6.45) is 6.39. The molecule has 0 aliphatic heterocycles. The molecule has 110 valence electrons. The van der Waals surface area contributed by atoms with Crippen LogP contribution in [-0.4, -0.2) is 41.2 Å². The fraction of sp³-hybridized carbons (Fsp3) is 0.846. The lowest BCUT2D eigenvalue weighted by molar-refractivity contribution is -0.146. The van der Waals surface area contributed by atoms with Crippen LogP contribution in [0.2, 0.25) is 0 Å². The van der Waals surface area contributed by atoms with Crippen LogP contribution in [0.1, 0.15) is 39.5 Å². The van der Waals surface area contributed by atoms with Crippen molar-refractivity contribution >= 4 is 23.8 Å². The third-order valence-electron chi connectivity index (χ3n) is 3.61. The van der Waals surface area contributed by atoms with Crippen LogP contribution in [-0.2, 0) is 4.79 Å². The summed E-state index contributed by atoms with van der Waals surface area (Å²) < 4.78 is 0. The highest BCUT2D eigenvalue weighted by Crippen LogP contribution is 2.26. The summed E-state index contributed by atoms with van der Waals surface area (Å²) in [6.45, 7) is 3.33. The van der Waals surface area contributed by atoms with Gasteiger partial charge in [0.15, 0.2) is 0 Å². The van der Waals surface area contributed by atoms with Crippen molar-refractivity contribution in [1.29, 1.82) is 0 Å². The Bertz CT molecular complexity index is 326. The number of carbonyl (C=O) groups excluding carboxylic acids is 1. The molecule has 19 heavy (non-hydrogen) atoms. The van der Waals surface area contributed by atoms with Crippen molar-refractivity contribution in [3.63, 3.8) is 0 Å². The van der Waals surface area contributed by atoms with Gasteiger partial charge in [-0.25, -0.2) is 4.79 Å². The molecule has 0 aromatic carbocycles. The number of urea groups is 1. The number of hydrogen-bond donors (Lipinski definition) is 3. The predicted octanol–water partition coefficient (Wildman–Crippen LogP) is 2.07. The van der Waals surface area contributed by atoms with Gasteiger partial charge in [-0.15, -0.1) is 0 Å². The lowest BCUT2D eigenvalue weighted by atomic mass is 9.94. The first-order chi connectivity index (χ1) is 8.85. The average Bonchev–Trinajstić information content (AvgIpc) is 2.37. The molecule has 1 saturated carbocycles. The van der Waals surface area contributed by atoms with Crippen LogP contribution >= 0.6 is 11.8 Å². The molecule has 0 spiro atoms. The monoisotopic (exact) mass is 288 g/mol. The average molecular weight is 288 g/mol. The van der Waals surface area contributed by atoms with Gasteiger partial charge in [0.1, 0.15) is 0 Å². The van der Waals surface area contributed by atoms with E-state index in [9.17, 15) is 9.59 Å². The standard InChI is InChI=1S/C13H24N2O3S/c1-13(2,11(16)17)8-14-12(18)15-9-4-6-10(19-3)7-5-9/h9-10H,4-8H2,1-3H3,(H,16,17)(H2,14,15,18). The SMILES string of the molecule is CSC1CCC(NC(=O)NCC(C)(C)C(=O)O)CC1. The summed E-state index contributed by atoms with van der Waals surface area (Å²) in [5, 5.41) is 15.2. The van der Waals surface area contributed by atoms with E-state index in [1.54, 1.807) is 13.8 Å². The van der Waals surface area contributed by atoms with E-state index in [2.05, 4.69) is 16.9 Å². The van der Waals surface area contributed by atoms with Crippen LogP contribution in [0, 0.1) is 5.41 Å². The fourth-order valence-electron chi connectivity index (χ4n) is 2.06. The number of thioether (sulfide) groups is 1. The third kappa shape index (κ3) is 5.30. The zero-order chi connectivity index (χ0) is 14.5. The Labute approximate surface area is 118 Å². The molecule has 0 saturated heterocycles. The van der Waals surface area contributed by atoms with Crippen LogP contribution in [0.3, 0.4) is 0 Å². The van der Waals surface area contributed by atoms with Crippen LogP contribution in [0.25, 0.3) is 0 Å². The smallest absolute Gasteiger partial charge is 0.315 e. The van der Waals surface area contributed by atoms with Gasteiger partial charge in [0, 0.05) is 17.8 Å². The van der Waals surface area contributed by atoms with Crippen molar-refractivity contribution in [3.8, 4) is 0 Å². The molecule has 0 radical (unpaired) electrons. The molecule has 0 bridgehead atoms. The molecule has 6 heteroatoms. The Morgan fingerprint density at radius 3 is 2.32 bits per heavy atom. The second-order valence-corrected chi connectivity index (χ2v) is 6.86. The number of carboxylic acids is 1. The first-order valence-electron chi connectivity index (χ1n) is 6.65. The molecule has 1 fully saturated rings. The van der Waals surface area contributed by atoms with Gasteiger partial charge < -0.3 is 15.7 Å². The van der Waals surface area contributed by atoms with E-state index in [0.717, 1.165) is 25.7 Å². The topological polar surface area (TPSA) is 78.4 Å². The third-order valence-corrected chi connectivity index (χ3v) is 4.75. The summed E-state index contributed by atoms with van der Waals surface area (Å²) in [6, 6.07) is -0.0433. The van der Waals surface area contributed by atoms with E-state index in [0.29, 0.717) is 5.25 Å². The predicted molar refractivity (Wildman–Crippen MR) is 77.5 cm³/mol. The second kappa shape index (κ2) is 7.03. The number of aliphatic carboxylic acids is 1. The summed E-state index contributed by atoms with van der Waals surface area (Å²) in [5.74, 6) is -0.909. The van der Waals surface area contributed by atoms with E-state index >= 15 is 0 Å². The molecule has 0 atom stereocenters. The van der Waals surface area contributed by atoms with Crippen LogP contribution in [0.4, 0.5) is 4.79 Å². The summed E-state index contributed by atoms with van der Waals surface area (Å²) in [7, 11) is 0. The molecule has 3 N–H and O–H groups in total. The molecule has 0 aromatic rings. The largest absolute Gasteiger partial charge is 0.481 e. The number of hydrogen-bond acceptors (Lipinski definition) is 3. The Kier molecular flexibility index (Phi) is 5.97. The van der Waals surface area contributed by atoms with Crippen molar-refractivity contribution in [2.24, 2.45) is 5.41 Å². The molecule has 5 nitrogen and oxygen atoms in total. The normalized spacial score (nSPS) is 23.7. The second-order valence-electron chi connectivity index (χ2n) is 5.73. The van der Waals surface area contributed by atoms with Gasteiger partial charge >= 0.3 is 12.0 Å². The first-order valence-corrected chi connectivity index (χ1v) is 7.94. The molecule has 1 aliphatic rings. The number of carbonyl (C=O) groups is 2. The van der Waals surface area contributed by atoms with Crippen LogP contribution in [0.5, 0.6) is 0 Å². The van der Waals surface area contributed by atoms with Crippen molar-refractivity contribution < 1.29 is 14.7 Å². The van der Waals surface area contributed by atoms with E-state index in [4.69, 9.17) is 5.11 Å². The highest BCUT2D eigenvalue weighted by molar-refractivity contribution is 7.99. The van der Waals surface area contributed by atoms with Gasteiger partial charge in [0.2, 0.25) is 0 Å². The van der Waals surface area contributed by atoms with Gasteiger partial charge in [-0.2, -0.15) is 11.8 Å². The molecule has 0 aromatic heterocycles. The maximum Gasteiger partial charge on any atom is 0.315 e. The van der Waals surface area contributed by atoms with E-state index in [1.165, 1.54) is 0 Å². The fourth-order valence-corrected chi connectivity index (χ4v) is 2.80. The molecular formula is C13H24N2O3S. The van der Waals surface area contributed by atoms with Gasteiger partial charge in [0.25, 0.3) is 0 Å². The van der Waals surface area contributed by atoms with Crippen molar-refractivity contribution in [1.82, 2.24) is 10.6 Å². The summed E-state index contributed by atoms with van der Waals surface area (Å²) in [4.78, 5) is 22.6. The minimum Gasteiger partial charge on any atom is -0.481 e. The van der Waals surface area contributed by atoms with E-state index in [-0.39, 0.29) is 18.6 Å². The van der Waals surface area contributed by atoms with Crippen molar-refractivity contribution in [2.75, 3.05) is 12.8 Å². The number of amides is 2. The molecule has 1 aliphatic carbocycles. The highest BCUT2D eigenvalue weighted by Gasteiger charge is 2.28. The zero-order valence-corrected chi connectivity index (χ0v) is 12.7. The lowest BCUT2D eigenvalue weighted by Gasteiger charge is -2.28. The Hall–Kier alpha value is -0.910. The molecule has 0 unspecified atom stereocenters. The van der Waals surface area contributed by atoms with Gasteiger partial charge in [0.05, 0.1) is 5.41 Å². The van der Waals surface area contributed by atoms with E-state index < -0.39 is 11.4 Å². The minimum atomic E-state index is -0.937.